The van der Waals surface area contributed by atoms with Crippen LogP contribution in [0.5, 0.6) is 0 Å². The van der Waals surface area contributed by atoms with Crippen molar-refractivity contribution < 1.29 is 15.3 Å². The summed E-state index contributed by atoms with van der Waals surface area (Å²) in [6, 6.07) is 8.16. The molecule has 3 nitrogen and oxygen atoms in total. The van der Waals surface area contributed by atoms with Crippen LogP contribution in [-0.2, 0) is 10.1 Å². The van der Waals surface area contributed by atoms with Crippen LogP contribution in [0.4, 0.5) is 0 Å². The lowest BCUT2D eigenvalue weighted by Crippen LogP contribution is -2.19. The average Bonchev–Trinajstić information content (AvgIpc) is 2.06. The molecular weight excluding hydrogens is 168 g/mol. The lowest BCUT2D eigenvalue weighted by atomic mass is 10.2. The molecule has 0 saturated heterocycles. The van der Waals surface area contributed by atoms with Gasteiger partial charge in [-0.15, -0.1) is 0 Å². The zero-order valence-electron chi connectivity index (χ0n) is 5.57. The maximum Gasteiger partial charge on any atom is 0.302 e. The van der Waals surface area contributed by atoms with Gasteiger partial charge in [0.05, 0.1) is 0 Å². The van der Waals surface area contributed by atoms with Gasteiger partial charge in [-0.2, -0.15) is 4.89 Å². The van der Waals surface area contributed by atoms with Crippen LogP contribution in [0.1, 0.15) is 5.56 Å². The molecule has 1 aromatic carbocycles. The fourth-order valence-corrected chi connectivity index (χ4v) is 0.822. The minimum Gasteiger partial charge on any atom is -0.348 e. The van der Waals surface area contributed by atoms with Crippen LogP contribution in [-0.4, -0.2) is 10.4 Å². The second-order valence-corrected chi connectivity index (χ2v) is 2.53. The standard InChI is InChI=1S/C7H7ClO3/c8-7(9,11-10)6-4-2-1-3-5-6/h1-5,9-10H. The van der Waals surface area contributed by atoms with Gasteiger partial charge in [0.1, 0.15) is 0 Å². The van der Waals surface area contributed by atoms with Crippen molar-refractivity contribution >= 4 is 11.6 Å². The van der Waals surface area contributed by atoms with E-state index in [1.807, 2.05) is 0 Å². The maximum absolute atomic E-state index is 9.09. The van der Waals surface area contributed by atoms with Gasteiger partial charge in [0.15, 0.2) is 0 Å². The minimum atomic E-state index is -2.14. The molecule has 0 spiro atoms. The first-order chi connectivity index (χ1) is 5.17. The van der Waals surface area contributed by atoms with Crippen molar-refractivity contribution in [1.82, 2.24) is 0 Å². The molecule has 0 bridgehead atoms. The Morgan fingerprint density at radius 2 is 1.82 bits per heavy atom. The number of aliphatic hydroxyl groups is 1. The van der Waals surface area contributed by atoms with Gasteiger partial charge in [0.25, 0.3) is 0 Å². The van der Waals surface area contributed by atoms with E-state index in [0.29, 0.717) is 0 Å². The van der Waals surface area contributed by atoms with Crippen molar-refractivity contribution in [2.75, 3.05) is 0 Å². The van der Waals surface area contributed by atoms with Gasteiger partial charge in [-0.25, -0.2) is 5.26 Å². The summed E-state index contributed by atoms with van der Waals surface area (Å²) in [4.78, 5) is 3.64. The van der Waals surface area contributed by atoms with Crippen LogP contribution in [0.25, 0.3) is 0 Å². The summed E-state index contributed by atoms with van der Waals surface area (Å²) >= 11 is 5.33. The second-order valence-electron chi connectivity index (χ2n) is 2.02. The molecule has 1 aromatic rings. The van der Waals surface area contributed by atoms with Crippen molar-refractivity contribution in [3.63, 3.8) is 0 Å². The Balaban J connectivity index is 2.93. The molecule has 0 aliphatic rings. The largest absolute Gasteiger partial charge is 0.348 e. The molecule has 1 unspecified atom stereocenters. The maximum atomic E-state index is 9.09. The summed E-state index contributed by atoms with van der Waals surface area (Å²) in [5.41, 5.74) is 0.282. The molecule has 0 saturated carbocycles. The van der Waals surface area contributed by atoms with Gasteiger partial charge in [-0.1, -0.05) is 30.3 Å². The highest BCUT2D eigenvalue weighted by atomic mass is 35.5. The van der Waals surface area contributed by atoms with Gasteiger partial charge in [-0.3, -0.25) is 0 Å². The van der Waals surface area contributed by atoms with E-state index in [-0.39, 0.29) is 5.56 Å². The van der Waals surface area contributed by atoms with E-state index in [9.17, 15) is 0 Å². The first-order valence-corrected chi connectivity index (χ1v) is 3.34. The second kappa shape index (κ2) is 3.19. The van der Waals surface area contributed by atoms with E-state index >= 15 is 0 Å². The lowest BCUT2D eigenvalue weighted by Gasteiger charge is -2.15. The minimum absolute atomic E-state index is 0.282. The molecule has 0 aliphatic carbocycles. The molecule has 0 heterocycles. The molecule has 1 atom stereocenters. The van der Waals surface area contributed by atoms with Crippen LogP contribution in [0, 0.1) is 0 Å². The predicted octanol–water partition coefficient (Wildman–Crippen LogP) is 1.52. The summed E-state index contributed by atoms with van der Waals surface area (Å²) in [5, 5.41) is 15.1. The van der Waals surface area contributed by atoms with Crippen molar-refractivity contribution in [3.05, 3.63) is 35.9 Å². The smallest absolute Gasteiger partial charge is 0.302 e. The van der Waals surface area contributed by atoms with Crippen molar-refractivity contribution in [2.45, 2.75) is 5.25 Å². The first kappa shape index (κ1) is 8.49. The first-order valence-electron chi connectivity index (χ1n) is 2.96. The normalized spacial score (nSPS) is 15.9. The summed E-state index contributed by atoms with van der Waals surface area (Å²) in [5.74, 6) is 0. The number of alkyl halides is 1. The Kier molecular flexibility index (Phi) is 2.46. The third kappa shape index (κ3) is 1.91. The number of rotatable bonds is 2. The molecule has 0 aromatic heterocycles. The molecule has 60 valence electrons. The predicted molar refractivity (Wildman–Crippen MR) is 39.9 cm³/mol. The number of halogens is 1. The molecule has 0 radical (unpaired) electrons. The molecule has 0 fully saturated rings. The van der Waals surface area contributed by atoms with E-state index < -0.39 is 5.25 Å². The van der Waals surface area contributed by atoms with Gasteiger partial charge >= 0.3 is 5.25 Å². The molecule has 0 aliphatic heterocycles. The summed E-state index contributed by atoms with van der Waals surface area (Å²) in [7, 11) is 0. The van der Waals surface area contributed by atoms with E-state index in [1.165, 1.54) is 12.1 Å². The SMILES string of the molecule is OOC(O)(Cl)c1ccccc1. The number of benzene rings is 1. The van der Waals surface area contributed by atoms with Gasteiger partial charge in [-0.05, 0) is 11.6 Å². The van der Waals surface area contributed by atoms with E-state index in [4.69, 9.17) is 22.0 Å². The van der Waals surface area contributed by atoms with Crippen molar-refractivity contribution in [3.8, 4) is 0 Å². The Morgan fingerprint density at radius 1 is 1.27 bits per heavy atom. The van der Waals surface area contributed by atoms with Crippen LogP contribution in [0.2, 0.25) is 0 Å². The summed E-state index contributed by atoms with van der Waals surface area (Å²) in [6.07, 6.45) is 0. The van der Waals surface area contributed by atoms with Crippen LogP contribution >= 0.6 is 11.6 Å². The fraction of sp³-hybridized carbons (Fsp3) is 0.143. The van der Waals surface area contributed by atoms with Gasteiger partial charge in [0.2, 0.25) is 0 Å². The average molecular weight is 175 g/mol. The quantitative estimate of drug-likeness (QED) is 0.309. The van der Waals surface area contributed by atoms with Crippen LogP contribution in [0.3, 0.4) is 0 Å². The van der Waals surface area contributed by atoms with Crippen LogP contribution < -0.4 is 0 Å². The topological polar surface area (TPSA) is 49.7 Å². The Hall–Kier alpha value is -0.610. The lowest BCUT2D eigenvalue weighted by molar-refractivity contribution is -0.363. The third-order valence-electron chi connectivity index (χ3n) is 1.25. The van der Waals surface area contributed by atoms with E-state index in [0.717, 1.165) is 0 Å². The van der Waals surface area contributed by atoms with Crippen LogP contribution in [0.15, 0.2) is 30.3 Å². The van der Waals surface area contributed by atoms with Crippen molar-refractivity contribution in [1.29, 1.82) is 0 Å². The summed E-state index contributed by atoms with van der Waals surface area (Å²) < 4.78 is 0. The molecule has 0 amide bonds. The molecule has 4 heteroatoms. The molecule has 1 rings (SSSR count). The number of hydrogen-bond acceptors (Lipinski definition) is 3. The number of hydrogen-bond donors (Lipinski definition) is 2. The highest BCUT2D eigenvalue weighted by Gasteiger charge is 2.26. The van der Waals surface area contributed by atoms with E-state index in [2.05, 4.69) is 4.89 Å². The highest BCUT2D eigenvalue weighted by molar-refractivity contribution is 6.21. The highest BCUT2D eigenvalue weighted by Crippen LogP contribution is 2.25. The zero-order valence-corrected chi connectivity index (χ0v) is 6.32. The molecular formula is C7H7ClO3. The zero-order chi connectivity index (χ0) is 8.32. The molecule has 11 heavy (non-hydrogen) atoms. The summed E-state index contributed by atoms with van der Waals surface area (Å²) in [6.45, 7) is 0. The Labute approximate surface area is 68.7 Å². The fourth-order valence-electron chi connectivity index (χ4n) is 0.696. The van der Waals surface area contributed by atoms with Crippen molar-refractivity contribution in [2.24, 2.45) is 0 Å². The Morgan fingerprint density at radius 3 is 2.27 bits per heavy atom. The van der Waals surface area contributed by atoms with Gasteiger partial charge in [0, 0.05) is 5.56 Å². The van der Waals surface area contributed by atoms with E-state index in [1.54, 1.807) is 18.2 Å². The third-order valence-corrected chi connectivity index (χ3v) is 1.54. The monoisotopic (exact) mass is 174 g/mol. The Bertz CT molecular complexity index is 222. The van der Waals surface area contributed by atoms with Gasteiger partial charge < -0.3 is 5.11 Å². The molecule has 2 N–H and O–H groups in total.